The van der Waals surface area contributed by atoms with Crippen molar-refractivity contribution in [3.63, 3.8) is 0 Å². The number of ether oxygens (including phenoxy) is 1. The molecular weight excluding hydrogens is 320 g/mol. The SMILES string of the molecule is COc1ccc(Br)cc1N1CCCC(NC(C)C)C1=O. The standard InChI is InChI=1S/C15H21BrN2O2/c1-10(2)17-12-5-4-8-18(15(12)19)13-9-11(16)6-7-14(13)20-3/h6-7,9-10,12,17H,4-5,8H2,1-3H3. The number of piperidine rings is 1. The first-order valence-electron chi connectivity index (χ1n) is 6.94. The highest BCUT2D eigenvalue weighted by Crippen LogP contribution is 2.33. The Bertz CT molecular complexity index is 491. The van der Waals surface area contributed by atoms with Gasteiger partial charge in [0, 0.05) is 17.1 Å². The van der Waals surface area contributed by atoms with Gasteiger partial charge in [0.2, 0.25) is 5.91 Å². The van der Waals surface area contributed by atoms with Gasteiger partial charge in [-0.1, -0.05) is 29.8 Å². The number of nitrogens with one attached hydrogen (secondary N) is 1. The van der Waals surface area contributed by atoms with E-state index >= 15 is 0 Å². The van der Waals surface area contributed by atoms with E-state index in [2.05, 4.69) is 35.1 Å². The second-order valence-electron chi connectivity index (χ2n) is 5.32. The average molecular weight is 341 g/mol. The van der Waals surface area contributed by atoms with Gasteiger partial charge in [0.25, 0.3) is 0 Å². The Hall–Kier alpha value is -1.07. The van der Waals surface area contributed by atoms with E-state index in [1.165, 1.54) is 0 Å². The summed E-state index contributed by atoms with van der Waals surface area (Å²) in [6.45, 7) is 4.86. The van der Waals surface area contributed by atoms with Gasteiger partial charge in [-0.2, -0.15) is 0 Å². The first kappa shape index (κ1) is 15.3. The van der Waals surface area contributed by atoms with Crippen LogP contribution in [0.15, 0.2) is 22.7 Å². The van der Waals surface area contributed by atoms with E-state index in [4.69, 9.17) is 4.74 Å². The molecule has 1 aromatic carbocycles. The lowest BCUT2D eigenvalue weighted by molar-refractivity contribution is -0.122. The van der Waals surface area contributed by atoms with Gasteiger partial charge in [0.15, 0.2) is 0 Å². The molecule has 20 heavy (non-hydrogen) atoms. The van der Waals surface area contributed by atoms with Crippen LogP contribution < -0.4 is 15.0 Å². The summed E-state index contributed by atoms with van der Waals surface area (Å²) in [6, 6.07) is 5.93. The minimum Gasteiger partial charge on any atom is -0.495 e. The lowest BCUT2D eigenvalue weighted by Gasteiger charge is -2.34. The van der Waals surface area contributed by atoms with Gasteiger partial charge in [0.05, 0.1) is 18.8 Å². The molecule has 1 unspecified atom stereocenters. The van der Waals surface area contributed by atoms with Crippen LogP contribution in [0.4, 0.5) is 5.69 Å². The fourth-order valence-corrected chi connectivity index (χ4v) is 2.89. The molecule has 110 valence electrons. The smallest absolute Gasteiger partial charge is 0.244 e. The molecule has 1 heterocycles. The summed E-state index contributed by atoms with van der Waals surface area (Å²) in [4.78, 5) is 14.5. The van der Waals surface area contributed by atoms with Crippen LogP contribution in [0.1, 0.15) is 26.7 Å². The number of anilines is 1. The maximum atomic E-state index is 12.6. The van der Waals surface area contributed by atoms with Gasteiger partial charge in [-0.25, -0.2) is 0 Å². The molecule has 1 fully saturated rings. The highest BCUT2D eigenvalue weighted by molar-refractivity contribution is 9.10. The van der Waals surface area contributed by atoms with Gasteiger partial charge in [-0.3, -0.25) is 4.79 Å². The van der Waals surface area contributed by atoms with Crippen molar-refractivity contribution in [3.8, 4) is 5.75 Å². The zero-order valence-electron chi connectivity index (χ0n) is 12.1. The van der Waals surface area contributed by atoms with Crippen LogP contribution in [0.2, 0.25) is 0 Å². The summed E-state index contributed by atoms with van der Waals surface area (Å²) in [5.74, 6) is 0.855. The Morgan fingerprint density at radius 3 is 2.85 bits per heavy atom. The number of benzene rings is 1. The van der Waals surface area contributed by atoms with Crippen LogP contribution >= 0.6 is 15.9 Å². The Morgan fingerprint density at radius 1 is 1.45 bits per heavy atom. The van der Waals surface area contributed by atoms with Gasteiger partial charge in [-0.05, 0) is 31.0 Å². The minimum absolute atomic E-state index is 0.104. The molecule has 0 aliphatic carbocycles. The van der Waals surface area contributed by atoms with Crippen LogP contribution in [0, 0.1) is 0 Å². The zero-order chi connectivity index (χ0) is 14.7. The lowest BCUT2D eigenvalue weighted by atomic mass is 10.0. The molecule has 1 atom stereocenters. The lowest BCUT2D eigenvalue weighted by Crippen LogP contribution is -2.52. The van der Waals surface area contributed by atoms with Gasteiger partial charge in [-0.15, -0.1) is 0 Å². The third kappa shape index (κ3) is 3.33. The summed E-state index contributed by atoms with van der Waals surface area (Å²) in [7, 11) is 1.63. The van der Waals surface area contributed by atoms with Gasteiger partial charge < -0.3 is 15.0 Å². The molecule has 0 saturated carbocycles. The van der Waals surface area contributed by atoms with Crippen LogP contribution in [0.3, 0.4) is 0 Å². The molecule has 1 N–H and O–H groups in total. The van der Waals surface area contributed by atoms with E-state index in [1.807, 2.05) is 23.1 Å². The number of rotatable bonds is 4. The highest BCUT2D eigenvalue weighted by atomic mass is 79.9. The van der Waals surface area contributed by atoms with Crippen molar-refractivity contribution in [2.45, 2.75) is 38.8 Å². The largest absolute Gasteiger partial charge is 0.495 e. The fraction of sp³-hybridized carbons (Fsp3) is 0.533. The summed E-state index contributed by atoms with van der Waals surface area (Å²) in [5.41, 5.74) is 0.835. The van der Waals surface area contributed by atoms with Gasteiger partial charge in [0.1, 0.15) is 5.75 Å². The monoisotopic (exact) mass is 340 g/mol. The van der Waals surface area contributed by atoms with Crippen molar-refractivity contribution in [2.24, 2.45) is 0 Å². The maximum absolute atomic E-state index is 12.6. The van der Waals surface area contributed by atoms with Crippen molar-refractivity contribution in [2.75, 3.05) is 18.6 Å². The number of carbonyl (C=O) groups excluding carboxylic acids is 1. The zero-order valence-corrected chi connectivity index (χ0v) is 13.7. The second kappa shape index (κ2) is 6.59. The Labute approximate surface area is 128 Å². The molecule has 0 aromatic heterocycles. The number of halogens is 1. The summed E-state index contributed by atoms with van der Waals surface area (Å²) in [5, 5.41) is 3.34. The molecular formula is C15H21BrN2O2. The predicted octanol–water partition coefficient (Wildman–Crippen LogP) is 2.95. The quantitative estimate of drug-likeness (QED) is 0.916. The molecule has 4 nitrogen and oxygen atoms in total. The molecule has 0 bridgehead atoms. The van der Waals surface area contributed by atoms with Crippen molar-refractivity contribution in [3.05, 3.63) is 22.7 Å². The number of carbonyl (C=O) groups is 1. The molecule has 1 aliphatic rings. The van der Waals surface area contributed by atoms with Crippen LogP contribution in [-0.2, 0) is 4.79 Å². The van der Waals surface area contributed by atoms with Crippen molar-refractivity contribution < 1.29 is 9.53 Å². The average Bonchev–Trinajstić information content (AvgIpc) is 2.40. The normalized spacial score (nSPS) is 19.6. The minimum atomic E-state index is -0.104. The molecule has 1 saturated heterocycles. The Morgan fingerprint density at radius 2 is 2.20 bits per heavy atom. The van der Waals surface area contributed by atoms with Gasteiger partial charge >= 0.3 is 0 Å². The van der Waals surface area contributed by atoms with Crippen LogP contribution in [0.5, 0.6) is 5.75 Å². The number of amides is 1. The molecule has 1 aliphatic heterocycles. The summed E-state index contributed by atoms with van der Waals surface area (Å²) >= 11 is 3.46. The topological polar surface area (TPSA) is 41.6 Å². The molecule has 0 spiro atoms. The van der Waals surface area contributed by atoms with E-state index in [0.717, 1.165) is 35.3 Å². The Balaban J connectivity index is 2.27. The molecule has 2 rings (SSSR count). The fourth-order valence-electron chi connectivity index (χ4n) is 2.55. The first-order valence-corrected chi connectivity index (χ1v) is 7.73. The molecule has 1 aromatic rings. The molecule has 0 radical (unpaired) electrons. The van der Waals surface area contributed by atoms with Crippen LogP contribution in [0.25, 0.3) is 0 Å². The summed E-state index contributed by atoms with van der Waals surface area (Å²) in [6.07, 6.45) is 1.88. The van der Waals surface area contributed by atoms with Crippen LogP contribution in [-0.4, -0.2) is 31.6 Å². The molecule has 1 amide bonds. The van der Waals surface area contributed by atoms with E-state index < -0.39 is 0 Å². The number of nitrogens with zero attached hydrogens (tertiary/aromatic N) is 1. The first-order chi connectivity index (χ1) is 9.52. The second-order valence-corrected chi connectivity index (χ2v) is 6.24. The summed E-state index contributed by atoms with van der Waals surface area (Å²) < 4.78 is 6.33. The number of hydrogen-bond donors (Lipinski definition) is 1. The number of methoxy groups -OCH3 is 1. The highest BCUT2D eigenvalue weighted by Gasteiger charge is 2.31. The number of hydrogen-bond acceptors (Lipinski definition) is 3. The predicted molar refractivity (Wildman–Crippen MR) is 84.3 cm³/mol. The Kier molecular flexibility index (Phi) is 5.05. The maximum Gasteiger partial charge on any atom is 0.244 e. The van der Waals surface area contributed by atoms with E-state index in [9.17, 15) is 4.79 Å². The van der Waals surface area contributed by atoms with E-state index in [-0.39, 0.29) is 11.9 Å². The third-order valence-corrected chi connectivity index (χ3v) is 3.90. The van der Waals surface area contributed by atoms with Crippen molar-refractivity contribution in [1.82, 2.24) is 5.32 Å². The molecule has 5 heteroatoms. The van der Waals surface area contributed by atoms with Crippen molar-refractivity contribution >= 4 is 27.5 Å². The van der Waals surface area contributed by atoms with E-state index in [0.29, 0.717) is 6.04 Å². The van der Waals surface area contributed by atoms with E-state index in [1.54, 1.807) is 7.11 Å². The van der Waals surface area contributed by atoms with Crippen molar-refractivity contribution in [1.29, 1.82) is 0 Å². The third-order valence-electron chi connectivity index (χ3n) is 3.40.